The maximum Gasteiger partial charge on any atom is 0.259 e. The predicted octanol–water partition coefficient (Wildman–Crippen LogP) is 5.23. The molecule has 2 heterocycles. The van der Waals surface area contributed by atoms with Crippen LogP contribution in [0.4, 0.5) is 0 Å². The SMILES string of the molecule is CCCCSc1nnc2n(CC)c(=O)c3c(n12)-c1ccccc1CC31CCCCC1. The number of hydrogen-bond acceptors (Lipinski definition) is 4. The van der Waals surface area contributed by atoms with Crippen molar-refractivity contribution < 1.29 is 0 Å². The van der Waals surface area contributed by atoms with Crippen LogP contribution in [0.15, 0.2) is 34.2 Å². The van der Waals surface area contributed by atoms with Crippen LogP contribution in [0.2, 0.25) is 0 Å². The molecule has 0 unspecified atom stereocenters. The topological polar surface area (TPSA) is 52.2 Å². The molecule has 30 heavy (non-hydrogen) atoms. The minimum absolute atomic E-state index is 0.0558. The van der Waals surface area contributed by atoms with E-state index in [1.165, 1.54) is 30.4 Å². The molecule has 0 atom stereocenters. The Morgan fingerprint density at radius 3 is 2.67 bits per heavy atom. The third-order valence-electron chi connectivity index (χ3n) is 6.96. The quantitative estimate of drug-likeness (QED) is 0.417. The molecular formula is C24H30N4OS. The van der Waals surface area contributed by atoms with Gasteiger partial charge in [-0.1, -0.05) is 68.6 Å². The molecule has 158 valence electrons. The Balaban J connectivity index is 1.86. The fourth-order valence-electron chi connectivity index (χ4n) is 5.50. The van der Waals surface area contributed by atoms with Crippen LogP contribution in [0.25, 0.3) is 17.0 Å². The van der Waals surface area contributed by atoms with Gasteiger partial charge in [-0.05, 0) is 38.2 Å². The molecule has 2 aliphatic carbocycles. The van der Waals surface area contributed by atoms with Crippen LogP contribution in [-0.2, 0) is 18.4 Å². The molecular weight excluding hydrogens is 392 g/mol. The van der Waals surface area contributed by atoms with E-state index >= 15 is 0 Å². The minimum atomic E-state index is -0.0558. The highest BCUT2D eigenvalue weighted by molar-refractivity contribution is 7.99. The molecule has 1 spiro atoms. The number of rotatable bonds is 5. The molecule has 5 rings (SSSR count). The molecule has 2 aromatic heterocycles. The first-order valence-electron chi connectivity index (χ1n) is 11.4. The maximum absolute atomic E-state index is 13.9. The highest BCUT2D eigenvalue weighted by atomic mass is 32.2. The Labute approximate surface area is 181 Å². The molecule has 0 N–H and O–H groups in total. The second kappa shape index (κ2) is 7.88. The van der Waals surface area contributed by atoms with Crippen LogP contribution in [0.3, 0.4) is 0 Å². The van der Waals surface area contributed by atoms with Gasteiger partial charge in [0.2, 0.25) is 5.78 Å². The molecule has 2 aliphatic rings. The van der Waals surface area contributed by atoms with Gasteiger partial charge in [-0.2, -0.15) is 0 Å². The van der Waals surface area contributed by atoms with Crippen LogP contribution in [0, 0.1) is 0 Å². The molecule has 6 heteroatoms. The van der Waals surface area contributed by atoms with Crippen LogP contribution in [0.1, 0.15) is 69.9 Å². The van der Waals surface area contributed by atoms with E-state index in [4.69, 9.17) is 0 Å². The number of thioether (sulfide) groups is 1. The molecule has 5 nitrogen and oxygen atoms in total. The van der Waals surface area contributed by atoms with E-state index in [2.05, 4.69) is 45.8 Å². The Morgan fingerprint density at radius 1 is 1.10 bits per heavy atom. The van der Waals surface area contributed by atoms with Gasteiger partial charge >= 0.3 is 0 Å². The normalized spacial score (nSPS) is 17.3. The zero-order valence-corrected chi connectivity index (χ0v) is 18.8. The first kappa shape index (κ1) is 19.9. The number of aromatic nitrogens is 4. The van der Waals surface area contributed by atoms with E-state index in [1.54, 1.807) is 11.8 Å². The maximum atomic E-state index is 13.9. The van der Waals surface area contributed by atoms with E-state index in [1.807, 2.05) is 11.5 Å². The minimum Gasteiger partial charge on any atom is -0.277 e. The van der Waals surface area contributed by atoms with E-state index in [-0.39, 0.29) is 11.0 Å². The fraction of sp³-hybridized carbons (Fsp3) is 0.542. The van der Waals surface area contributed by atoms with Crippen molar-refractivity contribution in [3.8, 4) is 11.3 Å². The van der Waals surface area contributed by atoms with Crippen molar-refractivity contribution in [3.05, 3.63) is 45.7 Å². The van der Waals surface area contributed by atoms with Gasteiger partial charge in [0.05, 0.1) is 5.69 Å². The third-order valence-corrected chi connectivity index (χ3v) is 7.98. The summed E-state index contributed by atoms with van der Waals surface area (Å²) in [5.41, 5.74) is 4.72. The first-order valence-corrected chi connectivity index (χ1v) is 12.4. The van der Waals surface area contributed by atoms with E-state index in [0.29, 0.717) is 12.3 Å². The average Bonchev–Trinajstić information content (AvgIpc) is 3.18. The standard InChI is InChI=1S/C24H30N4OS/c1-3-5-15-30-23-26-25-22-27(4-2)21(29)19-20(28(22)23)18-12-8-7-11-17(18)16-24(19)13-9-6-10-14-24/h7-8,11-12H,3-6,9-10,13-16H2,1-2H3. The molecule has 3 aromatic rings. The average molecular weight is 423 g/mol. The molecule has 0 aliphatic heterocycles. The Bertz CT molecular complexity index is 1140. The lowest BCUT2D eigenvalue weighted by atomic mass is 9.62. The van der Waals surface area contributed by atoms with Crippen molar-refractivity contribution in [2.24, 2.45) is 0 Å². The summed E-state index contributed by atoms with van der Waals surface area (Å²) in [6.07, 6.45) is 9.15. The Kier molecular flexibility index (Phi) is 5.21. The monoisotopic (exact) mass is 422 g/mol. The smallest absolute Gasteiger partial charge is 0.259 e. The van der Waals surface area contributed by atoms with Crippen LogP contribution in [0.5, 0.6) is 0 Å². The molecule has 1 saturated carbocycles. The summed E-state index contributed by atoms with van der Waals surface area (Å²) in [6, 6.07) is 8.65. The van der Waals surface area contributed by atoms with Crippen molar-refractivity contribution >= 4 is 17.5 Å². The van der Waals surface area contributed by atoms with Crippen LogP contribution in [-0.4, -0.2) is 24.9 Å². The van der Waals surface area contributed by atoms with Crippen molar-refractivity contribution in [1.82, 2.24) is 19.2 Å². The van der Waals surface area contributed by atoms with Crippen molar-refractivity contribution in [3.63, 3.8) is 0 Å². The lowest BCUT2D eigenvalue weighted by molar-refractivity contribution is 0.283. The van der Waals surface area contributed by atoms with Gasteiger partial charge in [-0.25, -0.2) is 0 Å². The molecule has 0 radical (unpaired) electrons. The number of aryl methyl sites for hydroxylation is 1. The number of fused-ring (bicyclic) bond motifs is 6. The van der Waals surface area contributed by atoms with Crippen LogP contribution < -0.4 is 5.56 Å². The second-order valence-corrected chi connectivity index (χ2v) is 9.83. The lowest BCUT2D eigenvalue weighted by Crippen LogP contribution is -2.43. The van der Waals surface area contributed by atoms with Gasteiger partial charge in [0.25, 0.3) is 5.56 Å². The summed E-state index contributed by atoms with van der Waals surface area (Å²) in [7, 11) is 0. The number of benzene rings is 1. The largest absolute Gasteiger partial charge is 0.277 e. The predicted molar refractivity (Wildman–Crippen MR) is 122 cm³/mol. The molecule has 1 fully saturated rings. The fourth-order valence-corrected chi connectivity index (χ4v) is 6.52. The van der Waals surface area contributed by atoms with Gasteiger partial charge in [-0.3, -0.25) is 13.8 Å². The summed E-state index contributed by atoms with van der Waals surface area (Å²) in [6.45, 7) is 4.87. The highest BCUT2D eigenvalue weighted by Gasteiger charge is 2.44. The van der Waals surface area contributed by atoms with E-state index < -0.39 is 0 Å². The first-order chi connectivity index (χ1) is 14.7. The lowest BCUT2D eigenvalue weighted by Gasteiger charge is -2.42. The van der Waals surface area contributed by atoms with Gasteiger partial charge in [0, 0.05) is 28.8 Å². The zero-order chi connectivity index (χ0) is 20.7. The van der Waals surface area contributed by atoms with Crippen molar-refractivity contribution in [2.75, 3.05) is 5.75 Å². The third kappa shape index (κ3) is 2.95. The van der Waals surface area contributed by atoms with Gasteiger partial charge in [-0.15, -0.1) is 10.2 Å². The molecule has 0 saturated heterocycles. The second-order valence-electron chi connectivity index (χ2n) is 8.77. The van der Waals surface area contributed by atoms with Gasteiger partial charge in [0.15, 0.2) is 5.16 Å². The summed E-state index contributed by atoms with van der Waals surface area (Å²) in [5, 5.41) is 9.96. The van der Waals surface area contributed by atoms with Crippen molar-refractivity contribution in [1.29, 1.82) is 0 Å². The molecule has 1 aromatic carbocycles. The Hall–Kier alpha value is -2.08. The number of hydrogen-bond donors (Lipinski definition) is 0. The van der Waals surface area contributed by atoms with Gasteiger partial charge in [0.1, 0.15) is 0 Å². The van der Waals surface area contributed by atoms with E-state index in [0.717, 1.165) is 54.3 Å². The number of nitrogens with zero attached hydrogens (tertiary/aromatic N) is 4. The summed E-state index contributed by atoms with van der Waals surface area (Å²) in [4.78, 5) is 13.9. The van der Waals surface area contributed by atoms with Crippen LogP contribution >= 0.6 is 11.8 Å². The van der Waals surface area contributed by atoms with Gasteiger partial charge < -0.3 is 0 Å². The number of unbranched alkanes of at least 4 members (excludes halogenated alkanes) is 1. The summed E-state index contributed by atoms with van der Waals surface area (Å²) < 4.78 is 4.05. The Morgan fingerprint density at radius 2 is 1.90 bits per heavy atom. The summed E-state index contributed by atoms with van der Waals surface area (Å²) >= 11 is 1.76. The highest BCUT2D eigenvalue weighted by Crippen LogP contribution is 2.49. The van der Waals surface area contributed by atoms with E-state index in [9.17, 15) is 4.79 Å². The molecule has 0 amide bonds. The molecule has 0 bridgehead atoms. The van der Waals surface area contributed by atoms with Crippen molar-refractivity contribution in [2.45, 2.75) is 82.3 Å². The zero-order valence-electron chi connectivity index (χ0n) is 18.0. The summed E-state index contributed by atoms with van der Waals surface area (Å²) in [5.74, 6) is 1.70.